The summed E-state index contributed by atoms with van der Waals surface area (Å²) in [5.41, 5.74) is 3.76. The first-order chi connectivity index (χ1) is 7.33. The summed E-state index contributed by atoms with van der Waals surface area (Å²) in [6.45, 7) is 4.18. The molecule has 0 amide bonds. The van der Waals surface area contributed by atoms with E-state index in [1.807, 2.05) is 13.0 Å². The molecule has 0 N–H and O–H groups in total. The Balaban J connectivity index is 2.54. The van der Waals surface area contributed by atoms with Crippen LogP contribution in [0.5, 0.6) is 0 Å². The predicted octanol–water partition coefficient (Wildman–Crippen LogP) is 3.82. The van der Waals surface area contributed by atoms with Crippen LogP contribution in [0.15, 0.2) is 48.7 Å². The summed E-state index contributed by atoms with van der Waals surface area (Å²) < 4.78 is 2.20. The number of hydrogen-bond donors (Lipinski definition) is 0. The van der Waals surface area contributed by atoms with E-state index in [2.05, 4.69) is 60.2 Å². The first-order valence-corrected chi connectivity index (χ1v) is 5.19. The molecule has 0 radical (unpaired) electrons. The number of aryl methyl sites for hydroxylation is 1. The molecule has 0 aliphatic rings. The third-order valence-corrected chi connectivity index (χ3v) is 2.50. The largest absolute Gasteiger partial charge is 0.317 e. The van der Waals surface area contributed by atoms with Crippen LogP contribution in [0.25, 0.3) is 11.8 Å². The molecular weight excluding hydrogens is 182 g/mol. The van der Waals surface area contributed by atoms with Crippen molar-refractivity contribution in [1.82, 2.24) is 4.57 Å². The minimum absolute atomic E-state index is 1.21. The van der Waals surface area contributed by atoms with Crippen molar-refractivity contribution < 1.29 is 0 Å². The molecule has 1 nitrogen and oxygen atoms in total. The predicted molar refractivity (Wildman–Crippen MR) is 65.2 cm³/mol. The number of benzene rings is 1. The molecule has 0 unspecified atom stereocenters. The van der Waals surface area contributed by atoms with Crippen molar-refractivity contribution in [1.29, 1.82) is 0 Å². The number of allylic oxidation sites excluding steroid dienone is 1. The average molecular weight is 197 g/mol. The Morgan fingerprint density at radius 2 is 1.80 bits per heavy atom. The van der Waals surface area contributed by atoms with Crippen LogP contribution in [0.1, 0.15) is 18.2 Å². The van der Waals surface area contributed by atoms with Gasteiger partial charge >= 0.3 is 0 Å². The van der Waals surface area contributed by atoms with E-state index in [4.69, 9.17) is 0 Å². The van der Waals surface area contributed by atoms with Gasteiger partial charge in [0, 0.05) is 17.6 Å². The standard InChI is InChI=1S/C14H15N/c1-3-7-14-12(2)10-11-15(14)13-8-5-4-6-9-13/h3-11H,1-2H3/b7-3-. The average Bonchev–Trinajstić information content (AvgIpc) is 2.63. The second kappa shape index (κ2) is 4.18. The molecule has 1 heteroatoms. The molecule has 0 bridgehead atoms. The van der Waals surface area contributed by atoms with E-state index in [1.165, 1.54) is 16.9 Å². The third-order valence-electron chi connectivity index (χ3n) is 2.50. The number of para-hydroxylation sites is 1. The molecule has 0 atom stereocenters. The van der Waals surface area contributed by atoms with Gasteiger partial charge in [-0.25, -0.2) is 0 Å². The van der Waals surface area contributed by atoms with E-state index in [0.29, 0.717) is 0 Å². The van der Waals surface area contributed by atoms with E-state index < -0.39 is 0 Å². The van der Waals surface area contributed by atoms with Crippen molar-refractivity contribution in [3.63, 3.8) is 0 Å². The van der Waals surface area contributed by atoms with Crippen LogP contribution in [0, 0.1) is 6.92 Å². The Hall–Kier alpha value is -1.76. The Morgan fingerprint density at radius 3 is 2.47 bits per heavy atom. The van der Waals surface area contributed by atoms with Gasteiger partial charge in [0.1, 0.15) is 0 Å². The molecule has 76 valence electrons. The first kappa shape index (κ1) is 9.78. The monoisotopic (exact) mass is 197 g/mol. The molecule has 0 saturated carbocycles. The van der Waals surface area contributed by atoms with Crippen molar-refractivity contribution in [3.8, 4) is 5.69 Å². The van der Waals surface area contributed by atoms with Gasteiger partial charge in [-0.3, -0.25) is 0 Å². The number of nitrogens with zero attached hydrogens (tertiary/aromatic N) is 1. The van der Waals surface area contributed by atoms with Crippen molar-refractivity contribution in [2.75, 3.05) is 0 Å². The molecule has 0 saturated heterocycles. The zero-order valence-corrected chi connectivity index (χ0v) is 9.14. The first-order valence-electron chi connectivity index (χ1n) is 5.19. The highest BCUT2D eigenvalue weighted by Gasteiger charge is 2.03. The van der Waals surface area contributed by atoms with E-state index in [1.54, 1.807) is 0 Å². The van der Waals surface area contributed by atoms with E-state index in [-0.39, 0.29) is 0 Å². The molecule has 0 spiro atoms. The highest BCUT2D eigenvalue weighted by Crippen LogP contribution is 2.17. The zero-order chi connectivity index (χ0) is 10.7. The van der Waals surface area contributed by atoms with Crippen LogP contribution in [0.4, 0.5) is 0 Å². The fourth-order valence-corrected chi connectivity index (χ4v) is 1.73. The summed E-state index contributed by atoms with van der Waals surface area (Å²) in [5, 5.41) is 0. The fourth-order valence-electron chi connectivity index (χ4n) is 1.73. The van der Waals surface area contributed by atoms with Gasteiger partial charge in [-0.1, -0.05) is 24.3 Å². The van der Waals surface area contributed by atoms with Crippen molar-refractivity contribution in [3.05, 3.63) is 59.9 Å². The molecule has 1 aromatic carbocycles. The van der Waals surface area contributed by atoms with Crippen LogP contribution < -0.4 is 0 Å². The lowest BCUT2D eigenvalue weighted by Gasteiger charge is -2.06. The molecule has 2 rings (SSSR count). The minimum Gasteiger partial charge on any atom is -0.317 e. The molecule has 1 aromatic heterocycles. The van der Waals surface area contributed by atoms with E-state index in [0.717, 1.165) is 0 Å². The maximum Gasteiger partial charge on any atom is 0.0481 e. The highest BCUT2D eigenvalue weighted by molar-refractivity contribution is 5.54. The van der Waals surface area contributed by atoms with Gasteiger partial charge in [0.25, 0.3) is 0 Å². The Bertz CT molecular complexity index is 463. The van der Waals surface area contributed by atoms with Gasteiger partial charge in [-0.05, 0) is 43.7 Å². The van der Waals surface area contributed by atoms with Crippen LogP contribution in [-0.4, -0.2) is 4.57 Å². The number of aromatic nitrogens is 1. The van der Waals surface area contributed by atoms with Gasteiger partial charge in [0.2, 0.25) is 0 Å². The number of hydrogen-bond acceptors (Lipinski definition) is 0. The van der Waals surface area contributed by atoms with Gasteiger partial charge in [0.05, 0.1) is 0 Å². The third kappa shape index (κ3) is 1.86. The second-order valence-corrected chi connectivity index (χ2v) is 3.59. The quantitative estimate of drug-likeness (QED) is 0.689. The Labute approximate surface area is 90.7 Å². The molecule has 0 fully saturated rings. The van der Waals surface area contributed by atoms with Gasteiger partial charge in [-0.15, -0.1) is 0 Å². The topological polar surface area (TPSA) is 4.93 Å². The van der Waals surface area contributed by atoms with Crippen LogP contribution >= 0.6 is 0 Å². The normalized spacial score (nSPS) is 11.1. The lowest BCUT2D eigenvalue weighted by Crippen LogP contribution is -1.94. The van der Waals surface area contributed by atoms with Gasteiger partial charge in [-0.2, -0.15) is 0 Å². The summed E-state index contributed by atoms with van der Waals surface area (Å²) in [6, 6.07) is 12.5. The summed E-state index contributed by atoms with van der Waals surface area (Å²) in [7, 11) is 0. The van der Waals surface area contributed by atoms with Gasteiger partial charge < -0.3 is 4.57 Å². The maximum atomic E-state index is 2.20. The van der Waals surface area contributed by atoms with Crippen molar-refractivity contribution >= 4 is 6.08 Å². The smallest absolute Gasteiger partial charge is 0.0481 e. The summed E-state index contributed by atoms with van der Waals surface area (Å²) in [4.78, 5) is 0. The molecule has 15 heavy (non-hydrogen) atoms. The molecule has 0 aliphatic heterocycles. The van der Waals surface area contributed by atoms with Gasteiger partial charge in [0.15, 0.2) is 0 Å². The van der Waals surface area contributed by atoms with E-state index >= 15 is 0 Å². The summed E-state index contributed by atoms with van der Waals surface area (Å²) >= 11 is 0. The Kier molecular flexibility index (Phi) is 2.72. The van der Waals surface area contributed by atoms with Crippen LogP contribution in [0.3, 0.4) is 0 Å². The zero-order valence-electron chi connectivity index (χ0n) is 9.14. The highest BCUT2D eigenvalue weighted by atomic mass is 15.0. The molecule has 0 aliphatic carbocycles. The SMILES string of the molecule is C/C=C\c1c(C)ccn1-c1ccccc1. The molecular formula is C14H15N. The number of rotatable bonds is 2. The lowest BCUT2D eigenvalue weighted by molar-refractivity contribution is 1.06. The van der Waals surface area contributed by atoms with E-state index in [9.17, 15) is 0 Å². The summed E-state index contributed by atoms with van der Waals surface area (Å²) in [5.74, 6) is 0. The van der Waals surface area contributed by atoms with Crippen molar-refractivity contribution in [2.45, 2.75) is 13.8 Å². The lowest BCUT2D eigenvalue weighted by atomic mass is 10.2. The molecule has 2 aromatic rings. The van der Waals surface area contributed by atoms with Crippen LogP contribution in [0.2, 0.25) is 0 Å². The Morgan fingerprint density at radius 1 is 1.07 bits per heavy atom. The second-order valence-electron chi connectivity index (χ2n) is 3.59. The maximum absolute atomic E-state index is 2.20. The fraction of sp³-hybridized carbons (Fsp3) is 0.143. The minimum atomic E-state index is 1.21. The van der Waals surface area contributed by atoms with Crippen LogP contribution in [-0.2, 0) is 0 Å². The summed E-state index contributed by atoms with van der Waals surface area (Å²) in [6.07, 6.45) is 6.32. The van der Waals surface area contributed by atoms with Crippen molar-refractivity contribution in [2.24, 2.45) is 0 Å². The molecule has 1 heterocycles.